The molecule has 0 bridgehead atoms. The lowest BCUT2D eigenvalue weighted by Gasteiger charge is -2.27. The molecule has 1 amide bonds. The molecule has 0 saturated carbocycles. The minimum Gasteiger partial charge on any atom is -0.355 e. The maximum atomic E-state index is 10.8. The van der Waals surface area contributed by atoms with Gasteiger partial charge in [0.1, 0.15) is 0 Å². The van der Waals surface area contributed by atoms with E-state index in [-0.39, 0.29) is 5.91 Å². The fraction of sp³-hybridized carbons (Fsp3) is 0.857. The van der Waals surface area contributed by atoms with Gasteiger partial charge in [0.05, 0.1) is 6.04 Å². The molecule has 0 atom stereocenters. The number of nitrogens with zero attached hydrogens (tertiary/aromatic N) is 1. The zero-order valence-corrected chi connectivity index (χ0v) is 6.47. The van der Waals surface area contributed by atoms with Gasteiger partial charge >= 0.3 is 0 Å². The second-order valence-electron chi connectivity index (χ2n) is 2.95. The monoisotopic (exact) mass is 143 g/mol. The summed E-state index contributed by atoms with van der Waals surface area (Å²) in [6.45, 7) is 3.44. The Hall–Kier alpha value is -0.570. The van der Waals surface area contributed by atoms with Gasteiger partial charge in [-0.15, -0.1) is 0 Å². The van der Waals surface area contributed by atoms with Crippen LogP contribution in [0.15, 0.2) is 0 Å². The number of hydrogen-bond acceptors (Lipinski definition) is 1. The molecular weight excluding hydrogens is 128 g/mol. The predicted molar refractivity (Wildman–Crippen MR) is 38.2 cm³/mol. The van der Waals surface area contributed by atoms with Crippen LogP contribution in [0.2, 0.25) is 0 Å². The highest BCUT2D eigenvalue weighted by molar-refractivity contribution is 5.73. The molecule has 1 aliphatic rings. The van der Waals surface area contributed by atoms with E-state index >= 15 is 0 Å². The van der Waals surface area contributed by atoms with Crippen LogP contribution in [0.5, 0.6) is 0 Å². The summed E-state index contributed by atoms with van der Waals surface area (Å²) in [4.78, 5) is 12.7. The number of quaternary nitrogens is 1. The van der Waals surface area contributed by atoms with Crippen molar-refractivity contribution in [2.24, 2.45) is 0 Å². The topological polar surface area (TPSA) is 48.0 Å². The molecule has 0 unspecified atom stereocenters. The van der Waals surface area contributed by atoms with Crippen LogP contribution < -0.4 is 5.73 Å². The lowest BCUT2D eigenvalue weighted by atomic mass is 10.1. The summed E-state index contributed by atoms with van der Waals surface area (Å²) in [5.41, 5.74) is 3.95. The third kappa shape index (κ3) is 1.70. The maximum absolute atomic E-state index is 10.8. The molecule has 0 aromatic rings. The van der Waals surface area contributed by atoms with E-state index in [1.54, 1.807) is 6.92 Å². The summed E-state index contributed by atoms with van der Waals surface area (Å²) in [7, 11) is 0. The molecule has 0 aromatic heterocycles. The summed E-state index contributed by atoms with van der Waals surface area (Å²) in [6.07, 6.45) is 2.14. The Morgan fingerprint density at radius 1 is 1.50 bits per heavy atom. The minimum atomic E-state index is 0.201. The Morgan fingerprint density at radius 3 is 2.40 bits per heavy atom. The number of carbonyl (C=O) groups excluding carboxylic acids is 1. The van der Waals surface area contributed by atoms with Crippen LogP contribution in [0.1, 0.15) is 19.8 Å². The van der Waals surface area contributed by atoms with E-state index in [9.17, 15) is 4.79 Å². The van der Waals surface area contributed by atoms with Crippen molar-refractivity contribution in [3.8, 4) is 0 Å². The molecule has 0 spiro atoms. The molecular formula is C7H15N2O+. The van der Waals surface area contributed by atoms with E-state index < -0.39 is 0 Å². The van der Waals surface area contributed by atoms with Gasteiger partial charge in [-0.05, 0) is 0 Å². The Morgan fingerprint density at radius 2 is 2.00 bits per heavy atom. The SMILES string of the molecule is CC(=O)N1CCC([NH3+])CC1. The summed E-state index contributed by atoms with van der Waals surface area (Å²) in [5, 5.41) is 0. The number of carbonyl (C=O) groups is 1. The van der Waals surface area contributed by atoms with Crippen molar-refractivity contribution >= 4 is 5.91 Å². The Balaban J connectivity index is 2.33. The Labute approximate surface area is 61.2 Å². The largest absolute Gasteiger partial charge is 0.355 e. The van der Waals surface area contributed by atoms with Gasteiger partial charge in [0, 0.05) is 32.9 Å². The second kappa shape index (κ2) is 3.01. The lowest BCUT2D eigenvalue weighted by molar-refractivity contribution is -0.425. The summed E-state index contributed by atoms with van der Waals surface area (Å²) in [6, 6.07) is 0.565. The van der Waals surface area contributed by atoms with Crippen LogP contribution in [0.25, 0.3) is 0 Å². The number of rotatable bonds is 0. The second-order valence-corrected chi connectivity index (χ2v) is 2.95. The van der Waals surface area contributed by atoms with E-state index in [0.29, 0.717) is 6.04 Å². The Kier molecular flexibility index (Phi) is 2.27. The average molecular weight is 143 g/mol. The van der Waals surface area contributed by atoms with Crippen molar-refractivity contribution in [2.45, 2.75) is 25.8 Å². The number of amides is 1. The molecule has 3 N–H and O–H groups in total. The van der Waals surface area contributed by atoms with Crippen LogP contribution in [0.3, 0.4) is 0 Å². The average Bonchev–Trinajstić information content (AvgIpc) is 1.88. The van der Waals surface area contributed by atoms with Crippen molar-refractivity contribution in [1.29, 1.82) is 0 Å². The zero-order chi connectivity index (χ0) is 7.56. The summed E-state index contributed by atoms with van der Waals surface area (Å²) < 4.78 is 0. The summed E-state index contributed by atoms with van der Waals surface area (Å²) >= 11 is 0. The molecule has 1 fully saturated rings. The lowest BCUT2D eigenvalue weighted by Crippen LogP contribution is -2.64. The quantitative estimate of drug-likeness (QED) is 0.476. The fourth-order valence-electron chi connectivity index (χ4n) is 1.25. The van der Waals surface area contributed by atoms with Crippen molar-refractivity contribution < 1.29 is 10.5 Å². The first-order valence-electron chi connectivity index (χ1n) is 3.78. The third-order valence-electron chi connectivity index (χ3n) is 2.06. The van der Waals surface area contributed by atoms with Crippen molar-refractivity contribution in [1.82, 2.24) is 4.90 Å². The van der Waals surface area contributed by atoms with E-state index in [1.807, 2.05) is 4.90 Å². The molecule has 1 aliphatic heterocycles. The van der Waals surface area contributed by atoms with Gasteiger partial charge in [-0.2, -0.15) is 0 Å². The van der Waals surface area contributed by atoms with Crippen LogP contribution in [-0.2, 0) is 4.79 Å². The van der Waals surface area contributed by atoms with Crippen LogP contribution >= 0.6 is 0 Å². The van der Waals surface area contributed by atoms with Crippen LogP contribution in [-0.4, -0.2) is 29.9 Å². The normalized spacial score (nSPS) is 21.2. The van der Waals surface area contributed by atoms with Crippen molar-refractivity contribution in [2.75, 3.05) is 13.1 Å². The van der Waals surface area contributed by atoms with Crippen molar-refractivity contribution in [3.05, 3.63) is 0 Å². The van der Waals surface area contributed by atoms with Gasteiger partial charge < -0.3 is 10.6 Å². The highest BCUT2D eigenvalue weighted by atomic mass is 16.2. The smallest absolute Gasteiger partial charge is 0.219 e. The predicted octanol–water partition coefficient (Wildman–Crippen LogP) is -0.761. The summed E-state index contributed by atoms with van der Waals surface area (Å²) in [5.74, 6) is 0.201. The van der Waals surface area contributed by atoms with Gasteiger partial charge in [0.15, 0.2) is 0 Å². The number of likely N-dealkylation sites (tertiary alicyclic amines) is 1. The Bertz CT molecular complexity index is 128. The number of hydrogen-bond donors (Lipinski definition) is 1. The van der Waals surface area contributed by atoms with Crippen molar-refractivity contribution in [3.63, 3.8) is 0 Å². The highest BCUT2D eigenvalue weighted by Gasteiger charge is 2.19. The van der Waals surface area contributed by atoms with Gasteiger partial charge in [0.25, 0.3) is 0 Å². The number of piperidine rings is 1. The van der Waals surface area contributed by atoms with Gasteiger partial charge in [-0.25, -0.2) is 0 Å². The van der Waals surface area contributed by atoms with Gasteiger partial charge in [-0.1, -0.05) is 0 Å². The molecule has 58 valence electrons. The molecule has 1 heterocycles. The van der Waals surface area contributed by atoms with E-state index in [2.05, 4.69) is 5.73 Å². The standard InChI is InChI=1S/C7H14N2O/c1-6(10)9-4-2-7(8)3-5-9/h7H,2-5,8H2,1H3/p+1. The molecule has 0 radical (unpaired) electrons. The van der Waals surface area contributed by atoms with E-state index in [4.69, 9.17) is 0 Å². The minimum absolute atomic E-state index is 0.201. The molecule has 0 aliphatic carbocycles. The van der Waals surface area contributed by atoms with Crippen LogP contribution in [0.4, 0.5) is 0 Å². The fourth-order valence-corrected chi connectivity index (χ4v) is 1.25. The molecule has 3 heteroatoms. The van der Waals surface area contributed by atoms with E-state index in [1.165, 1.54) is 0 Å². The zero-order valence-electron chi connectivity index (χ0n) is 6.47. The van der Waals surface area contributed by atoms with Crippen LogP contribution in [0, 0.1) is 0 Å². The first kappa shape index (κ1) is 7.54. The molecule has 3 nitrogen and oxygen atoms in total. The maximum Gasteiger partial charge on any atom is 0.219 e. The molecule has 1 rings (SSSR count). The first-order chi connectivity index (χ1) is 4.70. The molecule has 1 saturated heterocycles. The first-order valence-corrected chi connectivity index (χ1v) is 3.78. The highest BCUT2D eigenvalue weighted by Crippen LogP contribution is 2.06. The van der Waals surface area contributed by atoms with Gasteiger partial charge in [0.2, 0.25) is 5.91 Å². The molecule has 0 aromatic carbocycles. The molecule has 10 heavy (non-hydrogen) atoms. The van der Waals surface area contributed by atoms with E-state index in [0.717, 1.165) is 25.9 Å². The third-order valence-corrected chi connectivity index (χ3v) is 2.06. The van der Waals surface area contributed by atoms with Gasteiger partial charge in [-0.3, -0.25) is 4.79 Å².